The molecule has 1 amide bonds. The van der Waals surface area contributed by atoms with Gasteiger partial charge in [0.1, 0.15) is 12.3 Å². The van der Waals surface area contributed by atoms with Crippen molar-refractivity contribution in [3.05, 3.63) is 60.5 Å². The number of ether oxygens (including phenoxy) is 3. The zero-order chi connectivity index (χ0) is 24.2. The van der Waals surface area contributed by atoms with Gasteiger partial charge in [-0.1, -0.05) is 0 Å². The number of methoxy groups -OCH3 is 2. The van der Waals surface area contributed by atoms with Crippen molar-refractivity contribution in [1.29, 1.82) is 0 Å². The van der Waals surface area contributed by atoms with Gasteiger partial charge < -0.3 is 23.9 Å². The van der Waals surface area contributed by atoms with Crippen LogP contribution in [0.5, 0.6) is 17.4 Å². The van der Waals surface area contributed by atoms with Gasteiger partial charge in [-0.3, -0.25) is 9.89 Å². The van der Waals surface area contributed by atoms with Gasteiger partial charge in [0.05, 0.1) is 27.0 Å². The quantitative estimate of drug-likeness (QED) is 0.308. The number of benzene rings is 1. The fraction of sp³-hybridized carbons (Fsp3) is 0.174. The number of fused-ring (bicyclic) bond motifs is 1. The molecule has 0 bridgehead atoms. The maximum absolute atomic E-state index is 12.3. The molecular formula is C23H21N7O5. The Labute approximate surface area is 198 Å². The first-order chi connectivity index (χ1) is 17.2. The van der Waals surface area contributed by atoms with Crippen LogP contribution in [0.25, 0.3) is 28.5 Å². The summed E-state index contributed by atoms with van der Waals surface area (Å²) >= 11 is 0. The standard InChI is InChI=1S/C23H21N7O5/c1-32-18-6-5-14(12-19(18)33-2)22-28-27-20-7-8-21(29-30(20)22)35-11-9-24-23(31)16-13-15(25-26-16)17-4-3-10-34-17/h3-8,10,12-13H,9,11H2,1-2H3,(H,24,31)(H,25,26). The van der Waals surface area contributed by atoms with Crippen LogP contribution in [0.4, 0.5) is 0 Å². The second-order valence-corrected chi connectivity index (χ2v) is 7.28. The van der Waals surface area contributed by atoms with Crippen LogP contribution in [-0.4, -0.2) is 63.3 Å². The Balaban J connectivity index is 1.22. The number of aromatic nitrogens is 6. The molecule has 0 fully saturated rings. The predicted molar refractivity (Wildman–Crippen MR) is 123 cm³/mol. The Kier molecular flexibility index (Phi) is 5.99. The van der Waals surface area contributed by atoms with Crippen LogP contribution in [0, 0.1) is 0 Å². The lowest BCUT2D eigenvalue weighted by molar-refractivity contribution is 0.0941. The van der Waals surface area contributed by atoms with Gasteiger partial charge in [-0.05, 0) is 36.4 Å². The van der Waals surface area contributed by atoms with Gasteiger partial charge in [-0.2, -0.15) is 9.61 Å². The lowest BCUT2D eigenvalue weighted by Gasteiger charge is -2.09. The minimum Gasteiger partial charge on any atom is -0.493 e. The molecule has 4 heterocycles. The minimum atomic E-state index is -0.333. The highest BCUT2D eigenvalue weighted by Gasteiger charge is 2.15. The molecule has 4 aromatic heterocycles. The van der Waals surface area contributed by atoms with Crippen molar-refractivity contribution in [1.82, 2.24) is 35.3 Å². The molecule has 2 N–H and O–H groups in total. The summed E-state index contributed by atoms with van der Waals surface area (Å²) in [5.74, 6) is 2.32. The molecule has 0 aliphatic carbocycles. The van der Waals surface area contributed by atoms with E-state index in [1.54, 1.807) is 67.5 Å². The number of carbonyl (C=O) groups is 1. The second kappa shape index (κ2) is 9.55. The largest absolute Gasteiger partial charge is 0.493 e. The van der Waals surface area contributed by atoms with Crippen LogP contribution >= 0.6 is 0 Å². The number of furan rings is 1. The van der Waals surface area contributed by atoms with Crippen LogP contribution in [0.1, 0.15) is 10.5 Å². The van der Waals surface area contributed by atoms with Crippen LogP contribution < -0.4 is 19.5 Å². The van der Waals surface area contributed by atoms with E-state index >= 15 is 0 Å². The third-order valence-electron chi connectivity index (χ3n) is 5.11. The van der Waals surface area contributed by atoms with Crippen LogP contribution in [0.2, 0.25) is 0 Å². The average Bonchev–Trinajstić information content (AvgIpc) is 3.66. The Morgan fingerprint density at radius 1 is 1.09 bits per heavy atom. The number of amides is 1. The molecular weight excluding hydrogens is 454 g/mol. The summed E-state index contributed by atoms with van der Waals surface area (Å²) in [6.45, 7) is 0.458. The van der Waals surface area contributed by atoms with E-state index in [0.717, 1.165) is 5.56 Å². The van der Waals surface area contributed by atoms with Gasteiger partial charge in [-0.15, -0.1) is 15.3 Å². The summed E-state index contributed by atoms with van der Waals surface area (Å²) in [6.07, 6.45) is 1.55. The number of hydrogen-bond acceptors (Lipinski definition) is 9. The first kappa shape index (κ1) is 21.9. The summed E-state index contributed by atoms with van der Waals surface area (Å²) in [5, 5.41) is 22.4. The van der Waals surface area contributed by atoms with Crippen LogP contribution in [0.3, 0.4) is 0 Å². The molecule has 0 aliphatic rings. The molecule has 0 saturated carbocycles. The Bertz CT molecular complexity index is 1460. The second-order valence-electron chi connectivity index (χ2n) is 7.28. The summed E-state index contributed by atoms with van der Waals surface area (Å²) in [7, 11) is 3.14. The fourth-order valence-electron chi connectivity index (χ4n) is 3.41. The van der Waals surface area contributed by atoms with E-state index in [0.29, 0.717) is 40.3 Å². The van der Waals surface area contributed by atoms with Crippen molar-refractivity contribution in [3.63, 3.8) is 0 Å². The third kappa shape index (κ3) is 4.49. The van der Waals surface area contributed by atoms with Gasteiger partial charge in [0, 0.05) is 17.7 Å². The minimum absolute atomic E-state index is 0.202. The monoisotopic (exact) mass is 475 g/mol. The highest BCUT2D eigenvalue weighted by Crippen LogP contribution is 2.31. The van der Waals surface area contributed by atoms with E-state index in [2.05, 4.69) is 30.8 Å². The maximum atomic E-state index is 12.3. The number of aromatic amines is 1. The molecule has 178 valence electrons. The van der Waals surface area contributed by atoms with Crippen LogP contribution in [0.15, 0.2) is 59.2 Å². The van der Waals surface area contributed by atoms with Gasteiger partial charge in [0.2, 0.25) is 5.88 Å². The van der Waals surface area contributed by atoms with E-state index in [-0.39, 0.29) is 24.8 Å². The number of nitrogens with one attached hydrogen (secondary N) is 2. The Morgan fingerprint density at radius 2 is 1.97 bits per heavy atom. The SMILES string of the molecule is COc1ccc(-c2nnc3ccc(OCCNC(=O)c4cc(-c5ccco5)[nH]n4)nn23)cc1OC. The molecule has 12 nitrogen and oxygen atoms in total. The van der Waals surface area contributed by atoms with Crippen molar-refractivity contribution in [2.24, 2.45) is 0 Å². The molecule has 5 aromatic rings. The molecule has 5 rings (SSSR count). The fourth-order valence-corrected chi connectivity index (χ4v) is 3.41. The summed E-state index contributed by atoms with van der Waals surface area (Å²) in [5.41, 5.74) is 2.18. The highest BCUT2D eigenvalue weighted by atomic mass is 16.5. The molecule has 12 heteroatoms. The van der Waals surface area contributed by atoms with Gasteiger partial charge in [-0.25, -0.2) is 0 Å². The number of rotatable bonds is 9. The molecule has 0 unspecified atom stereocenters. The molecule has 0 radical (unpaired) electrons. The van der Waals surface area contributed by atoms with Crippen molar-refractivity contribution in [2.75, 3.05) is 27.4 Å². The lowest BCUT2D eigenvalue weighted by atomic mass is 10.2. The van der Waals surface area contributed by atoms with Gasteiger partial charge in [0.25, 0.3) is 5.91 Å². The third-order valence-corrected chi connectivity index (χ3v) is 5.11. The maximum Gasteiger partial charge on any atom is 0.271 e. The van der Waals surface area contributed by atoms with Crippen molar-refractivity contribution >= 4 is 11.6 Å². The van der Waals surface area contributed by atoms with Crippen molar-refractivity contribution in [3.8, 4) is 40.2 Å². The van der Waals surface area contributed by atoms with E-state index in [4.69, 9.17) is 18.6 Å². The van der Waals surface area contributed by atoms with Gasteiger partial charge in [0.15, 0.2) is 34.4 Å². The Hall–Kier alpha value is -4.87. The summed E-state index contributed by atoms with van der Waals surface area (Å²) in [6, 6.07) is 14.0. The van der Waals surface area contributed by atoms with E-state index < -0.39 is 0 Å². The topological polar surface area (TPSA) is 142 Å². The summed E-state index contributed by atoms with van der Waals surface area (Å²) < 4.78 is 23.2. The van der Waals surface area contributed by atoms with E-state index in [1.807, 2.05) is 6.07 Å². The van der Waals surface area contributed by atoms with Crippen molar-refractivity contribution < 1.29 is 23.4 Å². The number of nitrogens with zero attached hydrogens (tertiary/aromatic N) is 5. The molecule has 1 aromatic carbocycles. The average molecular weight is 475 g/mol. The number of carbonyl (C=O) groups excluding carboxylic acids is 1. The molecule has 0 aliphatic heterocycles. The normalized spacial score (nSPS) is 10.9. The smallest absolute Gasteiger partial charge is 0.271 e. The number of H-pyrrole nitrogens is 1. The number of hydrogen-bond donors (Lipinski definition) is 2. The van der Waals surface area contributed by atoms with E-state index in [1.165, 1.54) is 0 Å². The molecule has 35 heavy (non-hydrogen) atoms. The lowest BCUT2D eigenvalue weighted by Crippen LogP contribution is -2.28. The highest BCUT2D eigenvalue weighted by molar-refractivity contribution is 5.93. The first-order valence-electron chi connectivity index (χ1n) is 10.6. The Morgan fingerprint density at radius 3 is 2.77 bits per heavy atom. The molecule has 0 atom stereocenters. The van der Waals surface area contributed by atoms with Gasteiger partial charge >= 0.3 is 0 Å². The summed E-state index contributed by atoms with van der Waals surface area (Å²) in [4.78, 5) is 12.3. The zero-order valence-corrected chi connectivity index (χ0v) is 18.9. The first-order valence-corrected chi connectivity index (χ1v) is 10.6. The van der Waals surface area contributed by atoms with Crippen LogP contribution in [-0.2, 0) is 0 Å². The predicted octanol–water partition coefficient (Wildman–Crippen LogP) is 2.60. The zero-order valence-electron chi connectivity index (χ0n) is 18.9. The van der Waals surface area contributed by atoms with Crippen molar-refractivity contribution in [2.45, 2.75) is 0 Å². The molecule has 0 saturated heterocycles. The van der Waals surface area contributed by atoms with E-state index in [9.17, 15) is 4.79 Å². The molecule has 0 spiro atoms.